The van der Waals surface area contributed by atoms with E-state index in [-0.39, 0.29) is 17.4 Å². The first kappa shape index (κ1) is 19.1. The van der Waals surface area contributed by atoms with Crippen molar-refractivity contribution in [3.8, 4) is 0 Å². The number of hydrogen-bond acceptors (Lipinski definition) is 4. The Labute approximate surface area is 149 Å². The van der Waals surface area contributed by atoms with E-state index in [4.69, 9.17) is 4.74 Å². The van der Waals surface area contributed by atoms with Crippen LogP contribution in [0.5, 0.6) is 0 Å². The Bertz CT molecular complexity index is 816. The maximum Gasteiger partial charge on any atom is 0.324 e. The van der Waals surface area contributed by atoms with Gasteiger partial charge in [0, 0.05) is 0 Å². The Hall–Kier alpha value is -2.18. The monoisotopic (exact) mass is 361 g/mol. The van der Waals surface area contributed by atoms with E-state index in [9.17, 15) is 13.2 Å². The topological polar surface area (TPSA) is 72.5 Å². The average Bonchev–Trinajstić information content (AvgIpc) is 2.59. The van der Waals surface area contributed by atoms with Gasteiger partial charge in [0.2, 0.25) is 10.0 Å². The number of carbonyl (C=O) groups is 1. The van der Waals surface area contributed by atoms with Crippen LogP contribution in [0.4, 0.5) is 0 Å². The number of carbonyl (C=O) groups excluding carboxylic acids is 1. The summed E-state index contributed by atoms with van der Waals surface area (Å²) in [6.07, 6.45) is 0. The first-order chi connectivity index (χ1) is 11.8. The van der Waals surface area contributed by atoms with E-state index >= 15 is 0 Å². The van der Waals surface area contributed by atoms with Crippen LogP contribution in [0, 0.1) is 12.8 Å². The van der Waals surface area contributed by atoms with Crippen LogP contribution in [-0.2, 0) is 26.2 Å². The van der Waals surface area contributed by atoms with Gasteiger partial charge in [0.05, 0.1) is 4.90 Å². The largest absolute Gasteiger partial charge is 0.460 e. The van der Waals surface area contributed by atoms with Gasteiger partial charge in [-0.2, -0.15) is 4.72 Å². The summed E-state index contributed by atoms with van der Waals surface area (Å²) < 4.78 is 32.7. The van der Waals surface area contributed by atoms with Gasteiger partial charge < -0.3 is 4.74 Å². The second-order valence-corrected chi connectivity index (χ2v) is 7.90. The molecular formula is C19H23NO4S. The first-order valence-electron chi connectivity index (χ1n) is 8.10. The molecule has 0 unspecified atom stereocenters. The molecule has 2 rings (SSSR count). The Morgan fingerprint density at radius 3 is 2.24 bits per heavy atom. The van der Waals surface area contributed by atoms with E-state index in [1.807, 2.05) is 31.2 Å². The van der Waals surface area contributed by atoms with E-state index in [0.29, 0.717) is 0 Å². The molecular weight excluding hydrogens is 338 g/mol. The van der Waals surface area contributed by atoms with Crippen molar-refractivity contribution in [3.05, 3.63) is 65.7 Å². The summed E-state index contributed by atoms with van der Waals surface area (Å²) in [4.78, 5) is 12.5. The third-order valence-electron chi connectivity index (χ3n) is 3.89. The van der Waals surface area contributed by atoms with Gasteiger partial charge in [-0.3, -0.25) is 4.79 Å². The molecule has 0 bridgehead atoms. The highest BCUT2D eigenvalue weighted by Gasteiger charge is 2.29. The fraction of sp³-hybridized carbons (Fsp3) is 0.316. The Balaban J connectivity index is 2.10. The summed E-state index contributed by atoms with van der Waals surface area (Å²) in [5, 5.41) is 0. The molecule has 25 heavy (non-hydrogen) atoms. The Morgan fingerprint density at radius 2 is 1.64 bits per heavy atom. The lowest BCUT2D eigenvalue weighted by atomic mass is 10.1. The van der Waals surface area contributed by atoms with Crippen LogP contribution in [0.2, 0.25) is 0 Å². The summed E-state index contributed by atoms with van der Waals surface area (Å²) in [6.45, 7) is 5.59. The number of aryl methyl sites for hydroxylation is 1. The molecule has 0 saturated heterocycles. The molecule has 0 amide bonds. The van der Waals surface area contributed by atoms with Gasteiger partial charge in [-0.25, -0.2) is 8.42 Å². The molecule has 2 aromatic rings. The normalized spacial score (nSPS) is 12.8. The fourth-order valence-electron chi connectivity index (χ4n) is 2.30. The van der Waals surface area contributed by atoms with E-state index < -0.39 is 22.0 Å². The minimum atomic E-state index is -3.79. The second kappa shape index (κ2) is 8.27. The van der Waals surface area contributed by atoms with Crippen LogP contribution in [0.1, 0.15) is 25.0 Å². The van der Waals surface area contributed by atoms with Crippen LogP contribution >= 0.6 is 0 Å². The van der Waals surface area contributed by atoms with Crippen molar-refractivity contribution >= 4 is 16.0 Å². The lowest BCUT2D eigenvalue weighted by Crippen LogP contribution is -2.45. The standard InChI is InChI=1S/C19H23NO4S/c1-14(2)18(20-25(22,23)17-11-5-4-6-12-17)19(21)24-13-16-10-8-7-9-15(16)3/h4-12,14,18,20H,13H2,1-3H3/t18-/m0/s1. The van der Waals surface area contributed by atoms with E-state index in [1.165, 1.54) is 12.1 Å². The van der Waals surface area contributed by atoms with Crippen LogP contribution in [0.25, 0.3) is 0 Å². The van der Waals surface area contributed by atoms with Crippen LogP contribution < -0.4 is 4.72 Å². The zero-order valence-corrected chi connectivity index (χ0v) is 15.4. The predicted octanol–water partition coefficient (Wildman–Crippen LogP) is 3.04. The Morgan fingerprint density at radius 1 is 1.04 bits per heavy atom. The fourth-order valence-corrected chi connectivity index (χ4v) is 3.66. The lowest BCUT2D eigenvalue weighted by Gasteiger charge is -2.21. The molecule has 0 fully saturated rings. The van der Waals surface area contributed by atoms with Crippen molar-refractivity contribution in [2.45, 2.75) is 38.3 Å². The lowest BCUT2D eigenvalue weighted by molar-refractivity contribution is -0.148. The number of rotatable bonds is 7. The summed E-state index contributed by atoms with van der Waals surface area (Å²) in [5.41, 5.74) is 1.91. The van der Waals surface area contributed by atoms with Gasteiger partial charge in [-0.15, -0.1) is 0 Å². The molecule has 0 aliphatic carbocycles. The van der Waals surface area contributed by atoms with Crippen LogP contribution in [0.3, 0.4) is 0 Å². The van der Waals surface area contributed by atoms with Gasteiger partial charge in [0.15, 0.2) is 0 Å². The molecule has 0 spiro atoms. The second-order valence-electron chi connectivity index (χ2n) is 6.19. The van der Waals surface area contributed by atoms with E-state index in [1.54, 1.807) is 32.0 Å². The molecule has 1 N–H and O–H groups in total. The molecule has 0 aliphatic heterocycles. The zero-order valence-electron chi connectivity index (χ0n) is 14.6. The molecule has 0 heterocycles. The number of nitrogens with one attached hydrogen (secondary N) is 1. The van der Waals surface area contributed by atoms with Crippen molar-refractivity contribution in [3.63, 3.8) is 0 Å². The van der Waals surface area contributed by atoms with Crippen LogP contribution in [-0.4, -0.2) is 20.4 Å². The minimum Gasteiger partial charge on any atom is -0.460 e. The van der Waals surface area contributed by atoms with Gasteiger partial charge in [0.1, 0.15) is 12.6 Å². The Kier molecular flexibility index (Phi) is 6.33. The number of esters is 1. The number of hydrogen-bond donors (Lipinski definition) is 1. The predicted molar refractivity (Wildman–Crippen MR) is 96.4 cm³/mol. The van der Waals surface area contributed by atoms with E-state index in [2.05, 4.69) is 4.72 Å². The molecule has 2 aromatic carbocycles. The van der Waals surface area contributed by atoms with Gasteiger partial charge in [0.25, 0.3) is 0 Å². The molecule has 6 heteroatoms. The molecule has 0 aromatic heterocycles. The third-order valence-corrected chi connectivity index (χ3v) is 5.34. The first-order valence-corrected chi connectivity index (χ1v) is 9.58. The van der Waals surface area contributed by atoms with Gasteiger partial charge in [-0.1, -0.05) is 56.3 Å². The highest BCUT2D eigenvalue weighted by molar-refractivity contribution is 7.89. The van der Waals surface area contributed by atoms with Crippen molar-refractivity contribution in [2.24, 2.45) is 5.92 Å². The SMILES string of the molecule is Cc1ccccc1COC(=O)[C@@H](NS(=O)(=O)c1ccccc1)C(C)C. The highest BCUT2D eigenvalue weighted by Crippen LogP contribution is 2.14. The van der Waals surface area contributed by atoms with Crippen molar-refractivity contribution < 1.29 is 17.9 Å². The maximum absolute atomic E-state index is 12.5. The number of benzene rings is 2. The third kappa shape index (κ3) is 5.14. The summed E-state index contributed by atoms with van der Waals surface area (Å²) in [5.74, 6) is -0.833. The molecule has 5 nitrogen and oxygen atoms in total. The van der Waals surface area contributed by atoms with Gasteiger partial charge in [-0.05, 0) is 36.1 Å². The molecule has 0 saturated carbocycles. The smallest absolute Gasteiger partial charge is 0.324 e. The molecule has 0 radical (unpaired) electrons. The average molecular weight is 361 g/mol. The van der Waals surface area contributed by atoms with Crippen molar-refractivity contribution in [2.75, 3.05) is 0 Å². The maximum atomic E-state index is 12.5. The van der Waals surface area contributed by atoms with Crippen molar-refractivity contribution in [1.82, 2.24) is 4.72 Å². The molecule has 1 atom stereocenters. The zero-order chi connectivity index (χ0) is 18.4. The van der Waals surface area contributed by atoms with Crippen molar-refractivity contribution in [1.29, 1.82) is 0 Å². The van der Waals surface area contributed by atoms with Gasteiger partial charge >= 0.3 is 5.97 Å². The van der Waals surface area contributed by atoms with Crippen LogP contribution in [0.15, 0.2) is 59.5 Å². The number of ether oxygens (including phenoxy) is 1. The number of sulfonamides is 1. The minimum absolute atomic E-state index is 0.113. The molecule has 0 aliphatic rings. The summed E-state index contributed by atoms with van der Waals surface area (Å²) in [7, 11) is -3.79. The summed E-state index contributed by atoms with van der Waals surface area (Å²) in [6, 6.07) is 14.6. The molecule has 134 valence electrons. The summed E-state index contributed by atoms with van der Waals surface area (Å²) >= 11 is 0. The quantitative estimate of drug-likeness (QED) is 0.770. The highest BCUT2D eigenvalue weighted by atomic mass is 32.2. The van der Waals surface area contributed by atoms with E-state index in [0.717, 1.165) is 11.1 Å².